The van der Waals surface area contributed by atoms with Gasteiger partial charge >= 0.3 is 0 Å². The summed E-state index contributed by atoms with van der Waals surface area (Å²) in [5, 5.41) is 3.67. The molecule has 1 N–H and O–H groups in total. The lowest BCUT2D eigenvalue weighted by Crippen LogP contribution is -2.40. The molecule has 0 radical (unpaired) electrons. The van der Waals surface area contributed by atoms with E-state index in [0.29, 0.717) is 31.0 Å². The number of amides is 1. The van der Waals surface area contributed by atoms with E-state index in [9.17, 15) is 4.79 Å². The van der Waals surface area contributed by atoms with Gasteiger partial charge in [-0.1, -0.05) is 18.2 Å². The molecule has 0 aromatic heterocycles. The van der Waals surface area contributed by atoms with Crippen LogP contribution in [0.3, 0.4) is 0 Å². The van der Waals surface area contributed by atoms with E-state index in [1.807, 2.05) is 11.9 Å². The van der Waals surface area contributed by atoms with Gasteiger partial charge in [-0.05, 0) is 43.2 Å². The smallest absolute Gasteiger partial charge is 0.222 e. The van der Waals surface area contributed by atoms with E-state index in [4.69, 9.17) is 4.74 Å². The summed E-state index contributed by atoms with van der Waals surface area (Å²) in [4.78, 5) is 17.1. The van der Waals surface area contributed by atoms with Crippen molar-refractivity contribution in [3.63, 3.8) is 0 Å². The van der Waals surface area contributed by atoms with E-state index < -0.39 is 0 Å². The normalized spacial score (nSPS) is 28.2. The predicted octanol–water partition coefficient (Wildman–Crippen LogP) is 2.40. The van der Waals surface area contributed by atoms with Crippen molar-refractivity contribution in [2.24, 2.45) is 5.92 Å². The van der Waals surface area contributed by atoms with Crippen molar-refractivity contribution in [3.8, 4) is 0 Å². The van der Waals surface area contributed by atoms with Gasteiger partial charge < -0.3 is 19.9 Å². The van der Waals surface area contributed by atoms with Crippen molar-refractivity contribution >= 4 is 11.6 Å². The van der Waals surface area contributed by atoms with E-state index in [2.05, 4.69) is 34.5 Å². The van der Waals surface area contributed by atoms with Gasteiger partial charge in [0.05, 0.1) is 13.2 Å². The maximum absolute atomic E-state index is 12.8. The number of nitrogens with one attached hydrogen (secondary N) is 1. The number of hydrogen-bond donors (Lipinski definition) is 1. The fraction of sp³-hybridized carbons (Fsp3) is 0.667. The summed E-state index contributed by atoms with van der Waals surface area (Å²) >= 11 is 0. The molecule has 2 bridgehead atoms. The van der Waals surface area contributed by atoms with Gasteiger partial charge in [0.2, 0.25) is 5.91 Å². The molecule has 0 saturated carbocycles. The number of hydrogen-bond acceptors (Lipinski definition) is 4. The molecule has 142 valence electrons. The highest BCUT2D eigenvalue weighted by Gasteiger charge is 2.34. The lowest BCUT2D eigenvalue weighted by molar-refractivity contribution is -0.131. The van der Waals surface area contributed by atoms with Crippen LogP contribution in [0.5, 0.6) is 0 Å². The summed E-state index contributed by atoms with van der Waals surface area (Å²) in [5.74, 6) is 0.839. The Bertz CT molecular complexity index is 617. The Labute approximate surface area is 156 Å². The first kappa shape index (κ1) is 17.8. The van der Waals surface area contributed by atoms with Crippen LogP contribution in [0.2, 0.25) is 0 Å². The molecule has 1 aromatic carbocycles. The van der Waals surface area contributed by atoms with Crippen LogP contribution in [0.15, 0.2) is 24.3 Å². The highest BCUT2D eigenvalue weighted by Crippen LogP contribution is 2.33. The summed E-state index contributed by atoms with van der Waals surface area (Å²) in [6, 6.07) is 9.78. The third-order valence-electron chi connectivity index (χ3n) is 6.21. The molecule has 0 aliphatic carbocycles. The summed E-state index contributed by atoms with van der Waals surface area (Å²) < 4.78 is 5.48. The third kappa shape index (κ3) is 4.04. The number of ether oxygens (including phenoxy) is 1. The zero-order valence-corrected chi connectivity index (χ0v) is 15.8. The van der Waals surface area contributed by atoms with Crippen LogP contribution in [0.25, 0.3) is 0 Å². The van der Waals surface area contributed by atoms with Crippen molar-refractivity contribution in [2.45, 2.75) is 50.7 Å². The quantitative estimate of drug-likeness (QED) is 0.879. The van der Waals surface area contributed by atoms with Gasteiger partial charge in [-0.25, -0.2) is 0 Å². The average molecular weight is 357 g/mol. The Hall–Kier alpha value is -1.59. The van der Waals surface area contributed by atoms with Crippen molar-refractivity contribution in [1.82, 2.24) is 10.2 Å². The number of para-hydroxylation sites is 1. The number of piperidine rings is 1. The van der Waals surface area contributed by atoms with E-state index >= 15 is 0 Å². The topological polar surface area (TPSA) is 44.8 Å². The van der Waals surface area contributed by atoms with Gasteiger partial charge in [0.1, 0.15) is 0 Å². The van der Waals surface area contributed by atoms with E-state index in [-0.39, 0.29) is 5.91 Å². The van der Waals surface area contributed by atoms with E-state index in [1.54, 1.807) is 0 Å². The molecule has 26 heavy (non-hydrogen) atoms. The zero-order chi connectivity index (χ0) is 17.9. The number of nitrogens with zero attached hydrogens (tertiary/aromatic N) is 2. The standard InChI is InChI=1S/C21H31N3O2/c1-23(21(25)14-16-12-18-6-7-19(13-16)22-18)15-17-4-2-3-5-20(17)24-8-10-26-11-9-24/h2-5,16,18-19,22H,6-15H2,1H3. The van der Waals surface area contributed by atoms with Gasteiger partial charge in [-0.2, -0.15) is 0 Å². The Morgan fingerprint density at radius 2 is 1.88 bits per heavy atom. The summed E-state index contributed by atoms with van der Waals surface area (Å²) in [6.45, 7) is 4.09. The molecule has 0 spiro atoms. The molecule has 2 atom stereocenters. The van der Waals surface area contributed by atoms with E-state index in [1.165, 1.54) is 36.9 Å². The molecular weight excluding hydrogens is 326 g/mol. The third-order valence-corrected chi connectivity index (χ3v) is 6.21. The van der Waals surface area contributed by atoms with Crippen molar-refractivity contribution in [2.75, 3.05) is 38.3 Å². The van der Waals surface area contributed by atoms with Crippen LogP contribution in [-0.2, 0) is 16.1 Å². The highest BCUT2D eigenvalue weighted by atomic mass is 16.5. The number of morpholine rings is 1. The molecule has 3 heterocycles. The number of anilines is 1. The van der Waals surface area contributed by atoms with Gasteiger partial charge in [-0.3, -0.25) is 4.79 Å². The minimum Gasteiger partial charge on any atom is -0.378 e. The molecular formula is C21H31N3O2. The maximum Gasteiger partial charge on any atom is 0.222 e. The SMILES string of the molecule is CN(Cc1ccccc1N1CCOCC1)C(=O)CC1CC2CCC(C1)N2. The number of carbonyl (C=O) groups is 1. The highest BCUT2D eigenvalue weighted by molar-refractivity contribution is 5.76. The second-order valence-corrected chi connectivity index (χ2v) is 8.16. The van der Waals surface area contributed by atoms with Gasteiger partial charge in [0, 0.05) is 50.9 Å². The molecule has 3 aliphatic heterocycles. The molecule has 1 aromatic rings. The molecule has 4 rings (SSSR count). The maximum atomic E-state index is 12.8. The van der Waals surface area contributed by atoms with E-state index in [0.717, 1.165) is 26.3 Å². The Kier molecular flexibility index (Phi) is 5.46. The van der Waals surface area contributed by atoms with Crippen molar-refractivity contribution < 1.29 is 9.53 Å². The Morgan fingerprint density at radius 1 is 1.19 bits per heavy atom. The molecule has 3 fully saturated rings. The molecule has 3 saturated heterocycles. The van der Waals surface area contributed by atoms with Crippen LogP contribution in [0.1, 0.15) is 37.7 Å². The number of fused-ring (bicyclic) bond motifs is 2. The second-order valence-electron chi connectivity index (χ2n) is 8.16. The van der Waals surface area contributed by atoms with Crippen molar-refractivity contribution in [3.05, 3.63) is 29.8 Å². The summed E-state index contributed by atoms with van der Waals surface area (Å²) in [5.41, 5.74) is 2.48. The predicted molar refractivity (Wildman–Crippen MR) is 103 cm³/mol. The second kappa shape index (κ2) is 7.97. The lowest BCUT2D eigenvalue weighted by Gasteiger charge is -2.32. The van der Waals surface area contributed by atoms with Gasteiger partial charge in [0.25, 0.3) is 0 Å². The largest absolute Gasteiger partial charge is 0.378 e. The molecule has 5 nitrogen and oxygen atoms in total. The van der Waals surface area contributed by atoms with Crippen LogP contribution < -0.4 is 10.2 Å². The number of carbonyl (C=O) groups excluding carboxylic acids is 1. The molecule has 3 aliphatic rings. The fourth-order valence-electron chi connectivity index (χ4n) is 4.85. The van der Waals surface area contributed by atoms with Gasteiger partial charge in [0.15, 0.2) is 0 Å². The number of rotatable bonds is 5. The molecule has 1 amide bonds. The Balaban J connectivity index is 1.36. The van der Waals surface area contributed by atoms with Crippen LogP contribution in [0.4, 0.5) is 5.69 Å². The molecule has 5 heteroatoms. The zero-order valence-electron chi connectivity index (χ0n) is 15.8. The minimum atomic E-state index is 0.285. The monoisotopic (exact) mass is 357 g/mol. The summed E-state index contributed by atoms with van der Waals surface area (Å²) in [7, 11) is 1.95. The summed E-state index contributed by atoms with van der Waals surface area (Å²) in [6.07, 6.45) is 5.61. The minimum absolute atomic E-state index is 0.285. The first-order chi connectivity index (χ1) is 12.7. The first-order valence-corrected chi connectivity index (χ1v) is 10.1. The fourth-order valence-corrected chi connectivity index (χ4v) is 4.85. The Morgan fingerprint density at radius 3 is 2.62 bits per heavy atom. The van der Waals surface area contributed by atoms with Crippen LogP contribution in [-0.4, -0.2) is 56.2 Å². The van der Waals surface area contributed by atoms with Crippen LogP contribution >= 0.6 is 0 Å². The first-order valence-electron chi connectivity index (χ1n) is 10.1. The molecule has 2 unspecified atom stereocenters. The van der Waals surface area contributed by atoms with Crippen molar-refractivity contribution in [1.29, 1.82) is 0 Å². The van der Waals surface area contributed by atoms with Gasteiger partial charge in [-0.15, -0.1) is 0 Å². The number of benzene rings is 1. The lowest BCUT2D eigenvalue weighted by atomic mass is 9.89. The average Bonchev–Trinajstić information content (AvgIpc) is 3.01. The van der Waals surface area contributed by atoms with Crippen LogP contribution in [0, 0.1) is 5.92 Å².